The van der Waals surface area contributed by atoms with Crippen molar-refractivity contribution in [1.29, 1.82) is 0 Å². The van der Waals surface area contributed by atoms with Gasteiger partial charge < -0.3 is 14.2 Å². The molecule has 36 heavy (non-hydrogen) atoms. The van der Waals surface area contributed by atoms with Crippen molar-refractivity contribution in [2.45, 2.75) is 27.2 Å². The van der Waals surface area contributed by atoms with Crippen LogP contribution in [0.1, 0.15) is 27.2 Å². The third kappa shape index (κ3) is 14.8. The molecule has 0 amide bonds. The predicted molar refractivity (Wildman–Crippen MR) is 135 cm³/mol. The largest absolute Gasteiger partial charge is 0.456 e. The summed E-state index contributed by atoms with van der Waals surface area (Å²) in [6, 6.07) is 0. The fourth-order valence-corrected chi connectivity index (χ4v) is 3.93. The molecule has 206 valence electrons. The molecule has 11 nitrogen and oxygen atoms in total. The Kier molecular flexibility index (Phi) is 13.8. The normalized spacial score (nSPS) is 11.9. The lowest BCUT2D eigenvalue weighted by Crippen LogP contribution is -2.63. The van der Waals surface area contributed by atoms with Crippen molar-refractivity contribution in [2.24, 2.45) is 0 Å². The second-order valence-electron chi connectivity index (χ2n) is 9.70. The first-order valence-corrected chi connectivity index (χ1v) is 13.1. The number of hydrogen-bond donors (Lipinski definition) is 1. The van der Waals surface area contributed by atoms with Crippen molar-refractivity contribution >= 4 is 28.0 Å². The molecule has 0 aliphatic carbocycles. The summed E-state index contributed by atoms with van der Waals surface area (Å²) in [5, 5.41) is 0. The van der Waals surface area contributed by atoms with Gasteiger partial charge in [0.15, 0.2) is 0 Å². The van der Waals surface area contributed by atoms with Crippen molar-refractivity contribution in [2.75, 3.05) is 72.5 Å². The molecule has 0 aromatic carbocycles. The smallest absolute Gasteiger partial charge is 0.333 e. The van der Waals surface area contributed by atoms with Crippen molar-refractivity contribution in [3.8, 4) is 0 Å². The molecule has 0 rings (SSSR count). The summed E-state index contributed by atoms with van der Waals surface area (Å²) in [6.45, 7) is 17.1. The van der Waals surface area contributed by atoms with Gasteiger partial charge in [-0.2, -0.15) is 8.42 Å². The molecule has 0 bridgehead atoms. The van der Waals surface area contributed by atoms with E-state index >= 15 is 0 Å². The Balaban J connectivity index is 5.79. The minimum atomic E-state index is -4.19. The highest BCUT2D eigenvalue weighted by molar-refractivity contribution is 7.85. The second-order valence-corrected chi connectivity index (χ2v) is 11.3. The molecule has 0 fully saturated rings. The van der Waals surface area contributed by atoms with Gasteiger partial charge in [-0.3, -0.25) is 13.5 Å². The van der Waals surface area contributed by atoms with E-state index in [1.165, 1.54) is 13.8 Å². The average molecular weight is 535 g/mol. The fraction of sp³-hybridized carbons (Fsp3) is 0.625. The SMILES string of the molecule is C=C(C)C(=O)OCC[N+](C)(C)C[N+](CCCS(=O)(=O)O)(CCOC(=O)C(=C)C)CCOC(=O)C(=C)C. The zero-order valence-corrected chi connectivity index (χ0v) is 23.0. The Bertz CT molecular complexity index is 907. The van der Waals surface area contributed by atoms with Crippen LogP contribution in [0.25, 0.3) is 0 Å². The van der Waals surface area contributed by atoms with E-state index in [0.717, 1.165) is 0 Å². The highest BCUT2D eigenvalue weighted by Crippen LogP contribution is 2.16. The lowest BCUT2D eigenvalue weighted by Gasteiger charge is -2.43. The number of ether oxygens (including phenoxy) is 3. The average Bonchev–Trinajstić information content (AvgIpc) is 2.71. The third-order valence-corrected chi connectivity index (χ3v) is 6.09. The first-order chi connectivity index (χ1) is 16.4. The Hall–Kier alpha value is -2.54. The molecule has 0 saturated carbocycles. The standard InChI is InChI=1S/C24H41N2O9S/c1-19(2)22(27)33-14-11-25(7,8)18-26(10-9-17-36(30,31)32,12-15-34-23(28)20(3)4)13-16-35-24(29)21(5)6/h1,3,5,9-18H2,2,4,6-8H3/q+1/p+1. The molecular formula is C24H42N2O9S+2. The van der Waals surface area contributed by atoms with Gasteiger partial charge in [-0.1, -0.05) is 19.7 Å². The molecule has 0 aromatic rings. The van der Waals surface area contributed by atoms with Gasteiger partial charge in [-0.25, -0.2) is 14.4 Å². The minimum Gasteiger partial charge on any atom is -0.456 e. The van der Waals surface area contributed by atoms with Gasteiger partial charge in [0.25, 0.3) is 10.1 Å². The van der Waals surface area contributed by atoms with Crippen molar-refractivity contribution in [3.63, 3.8) is 0 Å². The van der Waals surface area contributed by atoms with Crippen LogP contribution in [0.5, 0.6) is 0 Å². The molecule has 0 radical (unpaired) electrons. The van der Waals surface area contributed by atoms with E-state index in [-0.39, 0.29) is 67.1 Å². The zero-order chi connectivity index (χ0) is 28.2. The maximum atomic E-state index is 11.9. The Morgan fingerprint density at radius 2 is 1.08 bits per heavy atom. The highest BCUT2D eigenvalue weighted by Gasteiger charge is 2.36. The summed E-state index contributed by atoms with van der Waals surface area (Å²) in [4.78, 5) is 35.6. The van der Waals surface area contributed by atoms with Crippen LogP contribution >= 0.6 is 0 Å². The maximum absolute atomic E-state index is 11.9. The van der Waals surface area contributed by atoms with Gasteiger partial charge in [-0.15, -0.1) is 0 Å². The van der Waals surface area contributed by atoms with Crippen LogP contribution in [0.4, 0.5) is 0 Å². The van der Waals surface area contributed by atoms with E-state index in [4.69, 9.17) is 14.2 Å². The van der Waals surface area contributed by atoms with Gasteiger partial charge >= 0.3 is 17.9 Å². The van der Waals surface area contributed by atoms with E-state index < -0.39 is 33.8 Å². The first kappa shape index (κ1) is 33.5. The summed E-state index contributed by atoms with van der Waals surface area (Å²) in [5.74, 6) is -2.06. The van der Waals surface area contributed by atoms with E-state index in [1.54, 1.807) is 6.92 Å². The van der Waals surface area contributed by atoms with Crippen LogP contribution in [0, 0.1) is 0 Å². The van der Waals surface area contributed by atoms with Gasteiger partial charge in [0.05, 0.1) is 26.4 Å². The molecule has 0 spiro atoms. The van der Waals surface area contributed by atoms with Crippen molar-refractivity contribution in [3.05, 3.63) is 36.5 Å². The van der Waals surface area contributed by atoms with Crippen LogP contribution in [0.3, 0.4) is 0 Å². The Morgan fingerprint density at radius 3 is 1.42 bits per heavy atom. The Morgan fingerprint density at radius 1 is 0.722 bits per heavy atom. The molecule has 1 N–H and O–H groups in total. The van der Waals surface area contributed by atoms with Gasteiger partial charge in [-0.05, 0) is 20.8 Å². The summed E-state index contributed by atoms with van der Waals surface area (Å²) in [6.07, 6.45) is 0.117. The van der Waals surface area contributed by atoms with Crippen molar-refractivity contribution in [1.82, 2.24) is 0 Å². The van der Waals surface area contributed by atoms with Crippen LogP contribution in [0.15, 0.2) is 36.5 Å². The number of esters is 3. The van der Waals surface area contributed by atoms with Crippen molar-refractivity contribution < 1.29 is 50.5 Å². The summed E-state index contributed by atoms with van der Waals surface area (Å²) in [7, 11) is -0.373. The molecule has 0 aliphatic rings. The third-order valence-electron chi connectivity index (χ3n) is 5.29. The topological polar surface area (TPSA) is 133 Å². The van der Waals surface area contributed by atoms with E-state index in [0.29, 0.717) is 17.7 Å². The fourth-order valence-electron chi connectivity index (χ4n) is 3.43. The van der Waals surface area contributed by atoms with Crippen LogP contribution in [-0.2, 0) is 38.7 Å². The molecule has 0 atom stereocenters. The summed E-state index contributed by atoms with van der Waals surface area (Å²) < 4.78 is 48.3. The maximum Gasteiger partial charge on any atom is 0.333 e. The van der Waals surface area contributed by atoms with E-state index in [1.807, 2.05) is 14.1 Å². The summed E-state index contributed by atoms with van der Waals surface area (Å²) >= 11 is 0. The molecule has 0 aliphatic heterocycles. The van der Waals surface area contributed by atoms with Gasteiger partial charge in [0, 0.05) is 23.1 Å². The van der Waals surface area contributed by atoms with Crippen LogP contribution in [0.2, 0.25) is 0 Å². The number of carbonyl (C=O) groups is 3. The number of carbonyl (C=O) groups excluding carboxylic acids is 3. The van der Waals surface area contributed by atoms with E-state index in [2.05, 4.69) is 19.7 Å². The van der Waals surface area contributed by atoms with E-state index in [9.17, 15) is 27.4 Å². The molecule has 0 unspecified atom stereocenters. The number of quaternary nitrogens is 2. The van der Waals surface area contributed by atoms with Gasteiger partial charge in [0.1, 0.15) is 39.5 Å². The quantitative estimate of drug-likeness (QED) is 0.0693. The van der Waals surface area contributed by atoms with Crippen LogP contribution in [-0.4, -0.2) is 112 Å². The Labute approximate surface area is 214 Å². The number of rotatable bonds is 18. The zero-order valence-electron chi connectivity index (χ0n) is 22.2. The highest BCUT2D eigenvalue weighted by atomic mass is 32.2. The number of hydrogen-bond acceptors (Lipinski definition) is 8. The number of nitrogens with zero attached hydrogens (tertiary/aromatic N) is 2. The predicted octanol–water partition coefficient (Wildman–Crippen LogP) is 1.47. The summed E-state index contributed by atoms with van der Waals surface area (Å²) in [5.41, 5.74) is 0.768. The molecular weight excluding hydrogens is 492 g/mol. The molecule has 12 heteroatoms. The second kappa shape index (κ2) is 14.9. The number of likely N-dealkylation sites (N-methyl/N-ethyl adjacent to an activating group) is 1. The lowest BCUT2D eigenvalue weighted by atomic mass is 10.3. The molecule has 0 saturated heterocycles. The lowest BCUT2D eigenvalue weighted by molar-refractivity contribution is -1.09. The van der Waals surface area contributed by atoms with Gasteiger partial charge in [0.2, 0.25) is 6.67 Å². The first-order valence-electron chi connectivity index (χ1n) is 11.5. The monoisotopic (exact) mass is 534 g/mol. The molecule has 0 heterocycles. The van der Waals surface area contributed by atoms with Crippen LogP contribution < -0.4 is 0 Å². The molecule has 0 aromatic heterocycles. The minimum absolute atomic E-state index is 0.0106.